The third-order valence-corrected chi connectivity index (χ3v) is 11.2. The van der Waals surface area contributed by atoms with Crippen LogP contribution in [0.4, 0.5) is 0 Å². The Balaban J connectivity index is 1.32. The van der Waals surface area contributed by atoms with Crippen LogP contribution in [0.15, 0.2) is 152 Å². The van der Waals surface area contributed by atoms with Crippen LogP contribution in [0.3, 0.4) is 0 Å². The maximum Gasteiger partial charge on any atom is 0.0992 e. The third kappa shape index (κ3) is 4.43. The minimum Gasteiger partial charge on any atom is -0.192 e. The van der Waals surface area contributed by atoms with Gasteiger partial charge in [0.25, 0.3) is 0 Å². The number of thiophene rings is 2. The van der Waals surface area contributed by atoms with Crippen molar-refractivity contribution in [1.82, 2.24) is 0 Å². The van der Waals surface area contributed by atoms with Gasteiger partial charge in [-0.15, -0.1) is 22.7 Å². The summed E-state index contributed by atoms with van der Waals surface area (Å²) in [6.07, 6.45) is 0. The molecule has 9 rings (SSSR count). The number of hydrogen-bond donors (Lipinski definition) is 0. The fourth-order valence-corrected chi connectivity index (χ4v) is 9.06. The van der Waals surface area contributed by atoms with Gasteiger partial charge >= 0.3 is 0 Å². The van der Waals surface area contributed by atoms with Crippen molar-refractivity contribution >= 4 is 63.0 Å². The molecular weight excluding hydrogens is 595 g/mol. The van der Waals surface area contributed by atoms with Gasteiger partial charge < -0.3 is 0 Å². The number of nitriles is 1. The lowest BCUT2D eigenvalue weighted by atomic mass is 9.85. The second kappa shape index (κ2) is 10.8. The standard InChI is InChI=1S/C43H25NS2/c44-26-27-21-31(28-9-2-1-3-10-28)23-32(22-27)43-33(29-17-19-37-35-11-4-6-15-39(35)45-41(37)24-29)13-8-14-34(43)30-18-20-38-36-12-5-7-16-40(36)46-42(38)25-30/h1-25H. The molecule has 0 aliphatic heterocycles. The molecule has 46 heavy (non-hydrogen) atoms. The SMILES string of the molecule is N#Cc1cc(-c2ccccc2)cc(-c2c(-c3ccc4c(c3)sc3ccccc34)cccc2-c2ccc3c(c2)sc2ccccc23)c1. The number of benzene rings is 7. The third-order valence-electron chi connectivity index (χ3n) is 8.90. The second-order valence-electron chi connectivity index (χ2n) is 11.6. The average molecular weight is 620 g/mol. The van der Waals surface area contributed by atoms with Gasteiger partial charge in [-0.1, -0.05) is 109 Å². The first kappa shape index (κ1) is 26.8. The second-order valence-corrected chi connectivity index (χ2v) is 13.8. The quantitative estimate of drug-likeness (QED) is 0.192. The molecule has 0 saturated heterocycles. The van der Waals surface area contributed by atoms with Crippen molar-refractivity contribution in [3.63, 3.8) is 0 Å². The highest BCUT2D eigenvalue weighted by Crippen LogP contribution is 2.45. The molecule has 0 spiro atoms. The van der Waals surface area contributed by atoms with Gasteiger partial charge in [0.2, 0.25) is 0 Å². The van der Waals surface area contributed by atoms with Crippen LogP contribution in [0.5, 0.6) is 0 Å². The van der Waals surface area contributed by atoms with E-state index in [1.807, 2.05) is 53.0 Å². The molecule has 2 heterocycles. The normalized spacial score (nSPS) is 11.5. The maximum atomic E-state index is 10.2. The van der Waals surface area contributed by atoms with Gasteiger partial charge in [0.1, 0.15) is 0 Å². The average Bonchev–Trinajstić information content (AvgIpc) is 3.69. The van der Waals surface area contributed by atoms with Gasteiger partial charge in [0, 0.05) is 40.3 Å². The van der Waals surface area contributed by atoms with Crippen molar-refractivity contribution in [2.45, 2.75) is 0 Å². The summed E-state index contributed by atoms with van der Waals surface area (Å²) in [7, 11) is 0. The van der Waals surface area contributed by atoms with E-state index in [1.54, 1.807) is 0 Å². The Labute approximate surface area is 274 Å². The lowest BCUT2D eigenvalue weighted by Crippen LogP contribution is -1.92. The highest BCUT2D eigenvalue weighted by Gasteiger charge is 2.18. The number of hydrogen-bond acceptors (Lipinski definition) is 3. The van der Waals surface area contributed by atoms with Crippen LogP contribution < -0.4 is 0 Å². The van der Waals surface area contributed by atoms with E-state index in [4.69, 9.17) is 0 Å². The number of nitrogens with zero attached hydrogens (tertiary/aromatic N) is 1. The predicted octanol–water partition coefficient (Wildman–Crippen LogP) is 13.0. The van der Waals surface area contributed by atoms with Crippen molar-refractivity contribution < 1.29 is 0 Å². The summed E-state index contributed by atoms with van der Waals surface area (Å²) >= 11 is 3.68. The Hall–Kier alpha value is -5.53. The van der Waals surface area contributed by atoms with E-state index in [-0.39, 0.29) is 0 Å². The molecule has 0 N–H and O–H groups in total. The van der Waals surface area contributed by atoms with E-state index in [0.29, 0.717) is 5.56 Å². The van der Waals surface area contributed by atoms with E-state index in [9.17, 15) is 5.26 Å². The number of fused-ring (bicyclic) bond motifs is 6. The number of rotatable bonds is 4. The molecule has 9 aromatic rings. The van der Waals surface area contributed by atoms with Gasteiger partial charge in [-0.05, 0) is 87.0 Å². The van der Waals surface area contributed by atoms with Crippen LogP contribution in [0, 0.1) is 11.3 Å². The molecule has 2 aromatic heterocycles. The van der Waals surface area contributed by atoms with Gasteiger partial charge in [-0.2, -0.15) is 5.26 Å². The fourth-order valence-electron chi connectivity index (χ4n) is 6.77. The van der Waals surface area contributed by atoms with E-state index >= 15 is 0 Å². The molecule has 0 bridgehead atoms. The van der Waals surface area contributed by atoms with Crippen molar-refractivity contribution in [2.24, 2.45) is 0 Å². The molecule has 0 aliphatic rings. The van der Waals surface area contributed by atoms with E-state index in [2.05, 4.69) is 127 Å². The van der Waals surface area contributed by atoms with Crippen LogP contribution in [-0.2, 0) is 0 Å². The van der Waals surface area contributed by atoms with Crippen LogP contribution in [0.25, 0.3) is 84.9 Å². The summed E-state index contributed by atoms with van der Waals surface area (Å²) < 4.78 is 5.15. The van der Waals surface area contributed by atoms with Gasteiger partial charge in [0.05, 0.1) is 11.6 Å². The van der Waals surface area contributed by atoms with Crippen LogP contribution in [-0.4, -0.2) is 0 Å². The zero-order valence-electron chi connectivity index (χ0n) is 24.7. The Morgan fingerprint density at radius 2 is 0.891 bits per heavy atom. The summed E-state index contributed by atoms with van der Waals surface area (Å²) in [5.74, 6) is 0. The monoisotopic (exact) mass is 619 g/mol. The van der Waals surface area contributed by atoms with Crippen molar-refractivity contribution in [3.05, 3.63) is 157 Å². The molecule has 3 heteroatoms. The molecule has 0 radical (unpaired) electrons. The van der Waals surface area contributed by atoms with Crippen molar-refractivity contribution in [2.75, 3.05) is 0 Å². The molecule has 0 atom stereocenters. The highest BCUT2D eigenvalue weighted by molar-refractivity contribution is 7.26. The van der Waals surface area contributed by atoms with Gasteiger partial charge in [0.15, 0.2) is 0 Å². The Morgan fingerprint density at radius 1 is 0.370 bits per heavy atom. The van der Waals surface area contributed by atoms with Crippen LogP contribution >= 0.6 is 22.7 Å². The smallest absolute Gasteiger partial charge is 0.0992 e. The lowest BCUT2D eigenvalue weighted by molar-refractivity contribution is 1.48. The van der Waals surface area contributed by atoms with E-state index in [0.717, 1.165) is 33.4 Å². The minimum atomic E-state index is 0.650. The van der Waals surface area contributed by atoms with Gasteiger partial charge in [-0.25, -0.2) is 0 Å². The maximum absolute atomic E-state index is 10.2. The zero-order chi connectivity index (χ0) is 30.6. The molecule has 0 fully saturated rings. The van der Waals surface area contributed by atoms with Crippen molar-refractivity contribution in [3.8, 4) is 50.6 Å². The van der Waals surface area contributed by atoms with Gasteiger partial charge in [-0.3, -0.25) is 0 Å². The fraction of sp³-hybridized carbons (Fsp3) is 0. The largest absolute Gasteiger partial charge is 0.192 e. The molecule has 0 saturated carbocycles. The molecule has 1 nitrogen and oxygen atoms in total. The van der Waals surface area contributed by atoms with Crippen molar-refractivity contribution in [1.29, 1.82) is 5.26 Å². The summed E-state index contributed by atoms with van der Waals surface area (Å²) in [6, 6.07) is 56.7. The predicted molar refractivity (Wildman–Crippen MR) is 199 cm³/mol. The molecule has 0 aliphatic carbocycles. The Bertz CT molecular complexity index is 2520. The minimum absolute atomic E-state index is 0.650. The van der Waals surface area contributed by atoms with Crippen LogP contribution in [0.1, 0.15) is 5.56 Å². The molecule has 0 amide bonds. The zero-order valence-corrected chi connectivity index (χ0v) is 26.3. The first-order valence-electron chi connectivity index (χ1n) is 15.3. The topological polar surface area (TPSA) is 23.8 Å². The highest BCUT2D eigenvalue weighted by atomic mass is 32.1. The molecule has 214 valence electrons. The van der Waals surface area contributed by atoms with E-state index < -0.39 is 0 Å². The lowest BCUT2D eigenvalue weighted by Gasteiger charge is -2.18. The summed E-state index contributed by atoms with van der Waals surface area (Å²) in [5.41, 5.74) is 9.61. The Morgan fingerprint density at radius 3 is 1.48 bits per heavy atom. The first-order valence-corrected chi connectivity index (χ1v) is 16.9. The summed E-state index contributed by atoms with van der Waals surface area (Å²) in [6.45, 7) is 0. The molecular formula is C43H25NS2. The summed E-state index contributed by atoms with van der Waals surface area (Å²) in [4.78, 5) is 0. The first-order chi connectivity index (χ1) is 22.7. The Kier molecular flexibility index (Phi) is 6.31. The molecule has 0 unspecified atom stereocenters. The van der Waals surface area contributed by atoms with E-state index in [1.165, 1.54) is 51.5 Å². The van der Waals surface area contributed by atoms with Crippen LogP contribution in [0.2, 0.25) is 0 Å². The molecule has 7 aromatic carbocycles. The summed E-state index contributed by atoms with van der Waals surface area (Å²) in [5, 5.41) is 15.4.